The average Bonchev–Trinajstić information content (AvgIpc) is 2.46. The van der Waals surface area contributed by atoms with E-state index in [0.717, 1.165) is 12.8 Å². The Hall–Kier alpha value is -1.56. The van der Waals surface area contributed by atoms with Gasteiger partial charge >= 0.3 is 0 Å². The number of hydrogen-bond donors (Lipinski definition) is 0. The van der Waals surface area contributed by atoms with Crippen molar-refractivity contribution in [2.45, 2.75) is 31.6 Å². The Morgan fingerprint density at radius 2 is 1.22 bits per heavy atom. The molecule has 2 aromatic carbocycles. The first-order chi connectivity index (χ1) is 8.86. The summed E-state index contributed by atoms with van der Waals surface area (Å²) in [5.74, 6) is 1.07. The second-order valence-corrected chi connectivity index (χ2v) is 4.73. The molecule has 0 saturated carbocycles. The fourth-order valence-corrected chi connectivity index (χ4v) is 2.75. The van der Waals surface area contributed by atoms with Crippen LogP contribution in [0.25, 0.3) is 0 Å². The van der Waals surface area contributed by atoms with Crippen molar-refractivity contribution in [3.05, 3.63) is 78.7 Å². The topological polar surface area (TPSA) is 0 Å². The molecule has 2 aromatic rings. The van der Waals surface area contributed by atoms with Crippen molar-refractivity contribution in [2.24, 2.45) is 0 Å². The molecular weight excluding hydrogens is 216 g/mol. The summed E-state index contributed by atoms with van der Waals surface area (Å²) in [5.41, 5.74) is 2.83. The second kappa shape index (κ2) is 6.39. The minimum atomic E-state index is 0.513. The molecule has 0 heteroatoms. The first kappa shape index (κ1) is 12.9. The number of hydrogen-bond acceptors (Lipinski definition) is 0. The Morgan fingerprint density at radius 3 is 1.61 bits per heavy atom. The predicted molar refractivity (Wildman–Crippen MR) is 78.6 cm³/mol. The quantitative estimate of drug-likeness (QED) is 0.671. The normalized spacial score (nSPS) is 14.1. The van der Waals surface area contributed by atoms with E-state index in [1.165, 1.54) is 11.1 Å². The molecule has 0 fully saturated rings. The van der Waals surface area contributed by atoms with Crippen molar-refractivity contribution in [1.29, 1.82) is 0 Å². The molecule has 0 saturated heterocycles. The van der Waals surface area contributed by atoms with Crippen LogP contribution in [0.3, 0.4) is 0 Å². The first-order valence-corrected chi connectivity index (χ1v) is 6.76. The molecule has 2 atom stereocenters. The van der Waals surface area contributed by atoms with Gasteiger partial charge in [-0.15, -0.1) is 0 Å². The molecule has 18 heavy (non-hydrogen) atoms. The van der Waals surface area contributed by atoms with Gasteiger partial charge in [-0.05, 0) is 35.8 Å². The van der Waals surface area contributed by atoms with Crippen LogP contribution >= 0.6 is 0 Å². The Bertz CT molecular complexity index is 398. The van der Waals surface area contributed by atoms with E-state index >= 15 is 0 Å². The molecule has 0 amide bonds. The molecule has 0 heterocycles. The fourth-order valence-electron chi connectivity index (χ4n) is 2.75. The van der Waals surface area contributed by atoms with Crippen molar-refractivity contribution in [3.63, 3.8) is 0 Å². The van der Waals surface area contributed by atoms with Crippen molar-refractivity contribution >= 4 is 0 Å². The largest absolute Gasteiger partial charge is 0.0648 e. The molecule has 93 valence electrons. The van der Waals surface area contributed by atoms with E-state index in [2.05, 4.69) is 74.5 Å². The highest BCUT2D eigenvalue weighted by atomic mass is 14.2. The molecule has 0 aliphatic rings. The molecule has 0 bridgehead atoms. The lowest BCUT2D eigenvalue weighted by molar-refractivity contribution is 0.526. The fraction of sp³-hybridized carbons (Fsp3) is 0.278. The van der Waals surface area contributed by atoms with Gasteiger partial charge in [0.1, 0.15) is 0 Å². The lowest BCUT2D eigenvalue weighted by Gasteiger charge is -2.26. The molecular formula is C18H21. The molecule has 2 rings (SSSR count). The monoisotopic (exact) mass is 237 g/mol. The van der Waals surface area contributed by atoms with Gasteiger partial charge in [-0.3, -0.25) is 0 Å². The maximum Gasteiger partial charge on any atom is -0.00932 e. The average molecular weight is 237 g/mol. The Labute approximate surface area is 111 Å². The molecule has 0 nitrogen and oxygen atoms in total. The van der Waals surface area contributed by atoms with E-state index < -0.39 is 0 Å². The summed E-state index contributed by atoms with van der Waals surface area (Å²) >= 11 is 0. The van der Waals surface area contributed by atoms with Crippen LogP contribution < -0.4 is 0 Å². The van der Waals surface area contributed by atoms with Gasteiger partial charge in [0, 0.05) is 0 Å². The Morgan fingerprint density at radius 1 is 0.778 bits per heavy atom. The summed E-state index contributed by atoms with van der Waals surface area (Å²) in [6.45, 7) is 6.42. The molecule has 0 aromatic heterocycles. The van der Waals surface area contributed by atoms with Gasteiger partial charge < -0.3 is 0 Å². The van der Waals surface area contributed by atoms with Crippen molar-refractivity contribution in [2.75, 3.05) is 0 Å². The predicted octanol–water partition coefficient (Wildman–Crippen LogP) is 5.19. The highest BCUT2D eigenvalue weighted by Crippen LogP contribution is 2.37. The van der Waals surface area contributed by atoms with Gasteiger partial charge in [0.15, 0.2) is 0 Å². The summed E-state index contributed by atoms with van der Waals surface area (Å²) in [5, 5.41) is 0. The molecule has 0 spiro atoms. The second-order valence-electron chi connectivity index (χ2n) is 4.73. The van der Waals surface area contributed by atoms with E-state index in [1.807, 2.05) is 0 Å². The minimum absolute atomic E-state index is 0.513. The molecule has 1 radical (unpaired) electrons. The highest BCUT2D eigenvalue weighted by molar-refractivity contribution is 5.28. The molecule has 2 unspecified atom stereocenters. The van der Waals surface area contributed by atoms with Crippen LogP contribution in [0.2, 0.25) is 0 Å². The van der Waals surface area contributed by atoms with Gasteiger partial charge in [-0.25, -0.2) is 0 Å². The third kappa shape index (κ3) is 2.81. The van der Waals surface area contributed by atoms with E-state index in [9.17, 15) is 0 Å². The van der Waals surface area contributed by atoms with Crippen LogP contribution in [0.5, 0.6) is 0 Å². The third-order valence-electron chi connectivity index (χ3n) is 3.69. The van der Waals surface area contributed by atoms with Crippen LogP contribution in [-0.2, 0) is 0 Å². The van der Waals surface area contributed by atoms with Gasteiger partial charge in [0.05, 0.1) is 0 Å². The SMILES string of the molecule is [CH2]CC(c1ccccc1)C(CC)c1ccccc1. The van der Waals surface area contributed by atoms with Crippen molar-refractivity contribution in [1.82, 2.24) is 0 Å². The Balaban J connectivity index is 2.31. The summed E-state index contributed by atoms with van der Waals surface area (Å²) in [6, 6.07) is 21.6. The zero-order valence-electron chi connectivity index (χ0n) is 11.0. The van der Waals surface area contributed by atoms with Crippen molar-refractivity contribution < 1.29 is 0 Å². The van der Waals surface area contributed by atoms with Gasteiger partial charge in [0.25, 0.3) is 0 Å². The zero-order valence-corrected chi connectivity index (χ0v) is 11.0. The maximum atomic E-state index is 4.16. The zero-order chi connectivity index (χ0) is 12.8. The summed E-state index contributed by atoms with van der Waals surface area (Å²) in [6.07, 6.45) is 2.09. The molecule has 0 aliphatic heterocycles. The smallest absolute Gasteiger partial charge is 0.00932 e. The summed E-state index contributed by atoms with van der Waals surface area (Å²) < 4.78 is 0. The first-order valence-electron chi connectivity index (χ1n) is 6.76. The summed E-state index contributed by atoms with van der Waals surface area (Å²) in [4.78, 5) is 0. The van der Waals surface area contributed by atoms with Gasteiger partial charge in [-0.2, -0.15) is 0 Å². The Kier molecular flexibility index (Phi) is 4.58. The number of benzene rings is 2. The van der Waals surface area contributed by atoms with Crippen LogP contribution in [0.1, 0.15) is 42.7 Å². The molecule has 0 N–H and O–H groups in total. The van der Waals surface area contributed by atoms with E-state index in [1.54, 1.807) is 0 Å². The van der Waals surface area contributed by atoms with Crippen LogP contribution in [0, 0.1) is 6.92 Å². The van der Waals surface area contributed by atoms with Crippen LogP contribution in [0.4, 0.5) is 0 Å². The van der Waals surface area contributed by atoms with Crippen LogP contribution in [-0.4, -0.2) is 0 Å². The lowest BCUT2D eigenvalue weighted by atomic mass is 9.78. The highest BCUT2D eigenvalue weighted by Gasteiger charge is 2.21. The molecule has 0 aliphatic carbocycles. The maximum absolute atomic E-state index is 4.16. The van der Waals surface area contributed by atoms with Gasteiger partial charge in [-0.1, -0.05) is 74.5 Å². The van der Waals surface area contributed by atoms with E-state index in [-0.39, 0.29) is 0 Å². The van der Waals surface area contributed by atoms with Gasteiger partial charge in [0.2, 0.25) is 0 Å². The third-order valence-corrected chi connectivity index (χ3v) is 3.69. The van der Waals surface area contributed by atoms with Crippen LogP contribution in [0.15, 0.2) is 60.7 Å². The van der Waals surface area contributed by atoms with Crippen molar-refractivity contribution in [3.8, 4) is 0 Å². The van der Waals surface area contributed by atoms with E-state index in [4.69, 9.17) is 0 Å². The lowest BCUT2D eigenvalue weighted by Crippen LogP contribution is -2.10. The summed E-state index contributed by atoms with van der Waals surface area (Å²) in [7, 11) is 0. The van der Waals surface area contributed by atoms with E-state index in [0.29, 0.717) is 11.8 Å². The number of rotatable bonds is 5. The standard InChI is InChI=1S/C18H21/c1-3-17(15-11-7-5-8-12-15)18(4-2)16-13-9-6-10-14-16/h5-14,17-18H,1,3-4H2,2H3. The minimum Gasteiger partial charge on any atom is -0.0648 e.